The number of nitrogens with one attached hydrogen (secondary N) is 1. The van der Waals surface area contributed by atoms with Crippen LogP contribution in [0.15, 0.2) is 28.7 Å². The lowest BCUT2D eigenvalue weighted by Crippen LogP contribution is -2.35. The molecule has 0 saturated carbocycles. The van der Waals surface area contributed by atoms with Crippen molar-refractivity contribution < 1.29 is 14.7 Å². The molecule has 0 aromatic heterocycles. The lowest BCUT2D eigenvalue weighted by molar-refractivity contribution is -0.142. The maximum atomic E-state index is 11.8. The summed E-state index contributed by atoms with van der Waals surface area (Å²) >= 11 is 3.29. The number of hydrogen-bond acceptors (Lipinski definition) is 2. The minimum atomic E-state index is -1.07. The predicted molar refractivity (Wildman–Crippen MR) is 76.7 cm³/mol. The van der Waals surface area contributed by atoms with E-state index in [-0.39, 0.29) is 17.7 Å². The summed E-state index contributed by atoms with van der Waals surface area (Å²) in [5, 5.41) is 11.8. The minimum absolute atomic E-state index is 0.174. The zero-order valence-electron chi connectivity index (χ0n) is 11.2. The molecule has 0 spiro atoms. The van der Waals surface area contributed by atoms with Gasteiger partial charge in [0.1, 0.15) is 0 Å². The van der Waals surface area contributed by atoms with Gasteiger partial charge in [-0.1, -0.05) is 48.8 Å². The molecule has 1 atom stereocenters. The van der Waals surface area contributed by atoms with Gasteiger partial charge in [-0.15, -0.1) is 0 Å². The molecule has 0 aliphatic carbocycles. The standard InChI is InChI=1S/C14H18BrNO3/c1-14(2,3)8-11(17)16-12(13(18)19)9-4-6-10(15)7-5-9/h4-7,12H,8H2,1-3H3,(H,16,17)(H,18,19). The molecule has 0 aliphatic rings. The van der Waals surface area contributed by atoms with Gasteiger partial charge < -0.3 is 10.4 Å². The fraction of sp³-hybridized carbons (Fsp3) is 0.429. The van der Waals surface area contributed by atoms with Crippen LogP contribution in [0.25, 0.3) is 0 Å². The fourth-order valence-corrected chi connectivity index (χ4v) is 1.90. The molecule has 1 rings (SSSR count). The van der Waals surface area contributed by atoms with Crippen molar-refractivity contribution in [1.29, 1.82) is 0 Å². The fourth-order valence-electron chi connectivity index (χ4n) is 1.64. The van der Waals surface area contributed by atoms with Crippen molar-refractivity contribution in [2.75, 3.05) is 0 Å². The summed E-state index contributed by atoms with van der Waals surface area (Å²) in [6.07, 6.45) is 0.285. The Labute approximate surface area is 121 Å². The second-order valence-corrected chi connectivity index (χ2v) is 6.54. The summed E-state index contributed by atoms with van der Waals surface area (Å²) in [5.74, 6) is -1.33. The van der Waals surface area contributed by atoms with Gasteiger partial charge in [0.2, 0.25) is 5.91 Å². The van der Waals surface area contributed by atoms with Crippen LogP contribution in [0, 0.1) is 5.41 Å². The second kappa shape index (κ2) is 6.19. The largest absolute Gasteiger partial charge is 0.479 e. The summed E-state index contributed by atoms with van der Waals surface area (Å²) in [6, 6.07) is 5.85. The normalized spacial score (nSPS) is 12.8. The maximum Gasteiger partial charge on any atom is 0.330 e. The third kappa shape index (κ3) is 5.42. The number of carboxylic acids is 1. The lowest BCUT2D eigenvalue weighted by Gasteiger charge is -2.20. The van der Waals surface area contributed by atoms with Crippen molar-refractivity contribution >= 4 is 27.8 Å². The van der Waals surface area contributed by atoms with Crippen molar-refractivity contribution in [1.82, 2.24) is 5.32 Å². The first kappa shape index (κ1) is 15.7. The van der Waals surface area contributed by atoms with Crippen LogP contribution in [0.5, 0.6) is 0 Å². The number of carboxylic acid groups (broad SMARTS) is 1. The van der Waals surface area contributed by atoms with Crippen LogP contribution in [0.1, 0.15) is 38.8 Å². The maximum absolute atomic E-state index is 11.8. The third-order valence-corrected chi connectivity index (χ3v) is 2.98. The molecule has 0 aliphatic heterocycles. The van der Waals surface area contributed by atoms with Crippen molar-refractivity contribution in [2.45, 2.75) is 33.2 Å². The second-order valence-electron chi connectivity index (χ2n) is 5.63. The molecule has 0 bridgehead atoms. The molecule has 1 amide bonds. The Kier molecular flexibility index (Phi) is 5.11. The van der Waals surface area contributed by atoms with Gasteiger partial charge in [0, 0.05) is 10.9 Å². The number of rotatable bonds is 4. The summed E-state index contributed by atoms with van der Waals surface area (Å²) in [5.41, 5.74) is 0.380. The molecule has 1 unspecified atom stereocenters. The summed E-state index contributed by atoms with van der Waals surface area (Å²) in [4.78, 5) is 23.1. The first-order valence-corrected chi connectivity index (χ1v) is 6.76. The van der Waals surface area contributed by atoms with E-state index in [0.29, 0.717) is 5.56 Å². The summed E-state index contributed by atoms with van der Waals surface area (Å²) in [6.45, 7) is 5.80. The van der Waals surface area contributed by atoms with Crippen LogP contribution in [0.3, 0.4) is 0 Å². The monoisotopic (exact) mass is 327 g/mol. The van der Waals surface area contributed by atoms with Gasteiger partial charge in [0.05, 0.1) is 0 Å². The van der Waals surface area contributed by atoms with Gasteiger partial charge in [0.25, 0.3) is 0 Å². The number of amides is 1. The van der Waals surface area contributed by atoms with E-state index < -0.39 is 12.0 Å². The van der Waals surface area contributed by atoms with Crippen molar-refractivity contribution in [3.63, 3.8) is 0 Å². The molecule has 19 heavy (non-hydrogen) atoms. The number of carbonyl (C=O) groups excluding carboxylic acids is 1. The highest BCUT2D eigenvalue weighted by atomic mass is 79.9. The number of aliphatic carboxylic acids is 1. The molecule has 0 heterocycles. The van der Waals surface area contributed by atoms with E-state index in [1.165, 1.54) is 0 Å². The van der Waals surface area contributed by atoms with Gasteiger partial charge in [-0.05, 0) is 23.1 Å². The molecule has 0 radical (unpaired) electrons. The van der Waals surface area contributed by atoms with Crippen LogP contribution in [0.4, 0.5) is 0 Å². The van der Waals surface area contributed by atoms with E-state index in [9.17, 15) is 14.7 Å². The van der Waals surface area contributed by atoms with Gasteiger partial charge in [-0.25, -0.2) is 4.79 Å². The van der Waals surface area contributed by atoms with Crippen LogP contribution in [0.2, 0.25) is 0 Å². The molecule has 4 nitrogen and oxygen atoms in total. The Morgan fingerprint density at radius 3 is 2.21 bits per heavy atom. The van der Waals surface area contributed by atoms with Crippen LogP contribution >= 0.6 is 15.9 Å². The average Bonchev–Trinajstić information content (AvgIpc) is 2.24. The van der Waals surface area contributed by atoms with Crippen molar-refractivity contribution in [2.24, 2.45) is 5.41 Å². The Balaban J connectivity index is 2.82. The number of hydrogen-bond donors (Lipinski definition) is 2. The average molecular weight is 328 g/mol. The van der Waals surface area contributed by atoms with E-state index in [0.717, 1.165) is 4.47 Å². The van der Waals surface area contributed by atoms with Gasteiger partial charge in [-0.3, -0.25) is 4.79 Å². The molecule has 5 heteroatoms. The van der Waals surface area contributed by atoms with Crippen molar-refractivity contribution in [3.05, 3.63) is 34.3 Å². The Morgan fingerprint density at radius 1 is 1.26 bits per heavy atom. The smallest absolute Gasteiger partial charge is 0.330 e. The summed E-state index contributed by atoms with van der Waals surface area (Å²) < 4.78 is 0.862. The quantitative estimate of drug-likeness (QED) is 0.892. The van der Waals surface area contributed by atoms with Crippen LogP contribution in [-0.2, 0) is 9.59 Å². The molecule has 2 N–H and O–H groups in total. The zero-order chi connectivity index (χ0) is 14.6. The molecular weight excluding hydrogens is 310 g/mol. The van der Waals surface area contributed by atoms with E-state index >= 15 is 0 Å². The number of benzene rings is 1. The van der Waals surface area contributed by atoms with E-state index in [1.54, 1.807) is 24.3 Å². The molecule has 0 saturated heterocycles. The van der Waals surface area contributed by atoms with Crippen LogP contribution < -0.4 is 5.32 Å². The highest BCUT2D eigenvalue weighted by Gasteiger charge is 2.24. The van der Waals surface area contributed by atoms with Gasteiger partial charge in [-0.2, -0.15) is 0 Å². The predicted octanol–water partition coefficient (Wildman–Crippen LogP) is 3.13. The Hall–Kier alpha value is -1.36. The Bertz CT molecular complexity index is 463. The SMILES string of the molecule is CC(C)(C)CC(=O)NC(C(=O)O)c1ccc(Br)cc1. The Morgan fingerprint density at radius 2 is 1.79 bits per heavy atom. The van der Waals surface area contributed by atoms with E-state index in [2.05, 4.69) is 21.2 Å². The number of carbonyl (C=O) groups is 2. The van der Waals surface area contributed by atoms with E-state index in [1.807, 2.05) is 20.8 Å². The molecular formula is C14H18BrNO3. The lowest BCUT2D eigenvalue weighted by atomic mass is 9.91. The van der Waals surface area contributed by atoms with Gasteiger partial charge >= 0.3 is 5.97 Å². The topological polar surface area (TPSA) is 66.4 Å². The highest BCUT2D eigenvalue weighted by molar-refractivity contribution is 9.10. The first-order valence-electron chi connectivity index (χ1n) is 5.97. The van der Waals surface area contributed by atoms with Crippen LogP contribution in [-0.4, -0.2) is 17.0 Å². The third-order valence-electron chi connectivity index (χ3n) is 2.45. The van der Waals surface area contributed by atoms with E-state index in [4.69, 9.17) is 0 Å². The molecule has 1 aromatic rings. The summed E-state index contributed by atoms with van der Waals surface area (Å²) in [7, 11) is 0. The molecule has 1 aromatic carbocycles. The molecule has 104 valence electrons. The number of halogens is 1. The highest BCUT2D eigenvalue weighted by Crippen LogP contribution is 2.21. The zero-order valence-corrected chi connectivity index (χ0v) is 12.8. The molecule has 0 fully saturated rings. The van der Waals surface area contributed by atoms with Crippen molar-refractivity contribution in [3.8, 4) is 0 Å². The first-order chi connectivity index (χ1) is 8.69. The minimum Gasteiger partial charge on any atom is -0.479 e. The van der Waals surface area contributed by atoms with Gasteiger partial charge in [0.15, 0.2) is 6.04 Å².